The Morgan fingerprint density at radius 3 is 2.50 bits per heavy atom. The topological polar surface area (TPSA) is 12.0 Å². The fraction of sp³-hybridized carbons (Fsp3) is 0.647. The molecule has 18 heavy (non-hydrogen) atoms. The normalized spacial score (nSPS) is 16.0. The zero-order valence-electron chi connectivity index (χ0n) is 12.7. The van der Waals surface area contributed by atoms with E-state index in [1.165, 1.54) is 25.7 Å². The van der Waals surface area contributed by atoms with Gasteiger partial charge in [0.05, 0.1) is 0 Å². The number of allylic oxidation sites excluding steroid dienone is 5. The molecule has 0 aliphatic carbocycles. The van der Waals surface area contributed by atoms with E-state index in [9.17, 15) is 0 Å². The van der Waals surface area contributed by atoms with Crippen LogP contribution in [0.2, 0.25) is 0 Å². The second-order valence-electron chi connectivity index (χ2n) is 4.92. The molecule has 104 valence electrons. The predicted octanol–water partition coefficient (Wildman–Crippen LogP) is 4.73. The fourth-order valence-corrected chi connectivity index (χ4v) is 1.95. The van der Waals surface area contributed by atoms with Crippen LogP contribution in [0.4, 0.5) is 0 Å². The maximum atomic E-state index is 3.28. The number of hydrogen-bond acceptors (Lipinski definition) is 1. The van der Waals surface area contributed by atoms with Crippen molar-refractivity contribution in [1.82, 2.24) is 5.32 Å². The zero-order valence-corrected chi connectivity index (χ0v) is 12.7. The first-order valence-electron chi connectivity index (χ1n) is 7.37. The molecule has 0 amide bonds. The summed E-state index contributed by atoms with van der Waals surface area (Å²) in [6, 6.07) is 0. The van der Waals surface area contributed by atoms with Crippen LogP contribution in [0.25, 0.3) is 0 Å². The van der Waals surface area contributed by atoms with Gasteiger partial charge in [0, 0.05) is 6.54 Å². The standard InChI is InChI=1S/C17H31N/c1-5-7-9-10-12-13-16(3)17(15-18-4)14-11-8-6-2/h6,8,11-14,16-18H,5,7,9-10,15H2,1-4H3/b8-6-,13-12-,14-11-. The molecule has 0 saturated heterocycles. The summed E-state index contributed by atoms with van der Waals surface area (Å²) in [5.74, 6) is 1.18. The van der Waals surface area contributed by atoms with Crippen LogP contribution in [-0.2, 0) is 0 Å². The van der Waals surface area contributed by atoms with Crippen LogP contribution < -0.4 is 5.32 Å². The third-order valence-electron chi connectivity index (χ3n) is 3.19. The highest BCUT2D eigenvalue weighted by Gasteiger charge is 2.09. The SMILES string of the molecule is C/C=C\C=C/C(CNC)C(C)/C=C\CCCCC. The first-order chi connectivity index (χ1) is 8.76. The molecule has 0 fully saturated rings. The van der Waals surface area contributed by atoms with Gasteiger partial charge in [-0.1, -0.05) is 63.1 Å². The second kappa shape index (κ2) is 12.6. The average Bonchev–Trinajstić information content (AvgIpc) is 2.37. The van der Waals surface area contributed by atoms with Gasteiger partial charge in [-0.25, -0.2) is 0 Å². The molecule has 0 heterocycles. The Morgan fingerprint density at radius 1 is 1.11 bits per heavy atom. The highest BCUT2D eigenvalue weighted by molar-refractivity contribution is 5.06. The van der Waals surface area contributed by atoms with Gasteiger partial charge in [0.15, 0.2) is 0 Å². The molecular formula is C17H31N. The van der Waals surface area contributed by atoms with Crippen molar-refractivity contribution in [3.63, 3.8) is 0 Å². The van der Waals surface area contributed by atoms with Crippen molar-refractivity contribution < 1.29 is 0 Å². The van der Waals surface area contributed by atoms with E-state index in [1.807, 2.05) is 7.05 Å². The van der Waals surface area contributed by atoms with Crippen molar-refractivity contribution in [3.8, 4) is 0 Å². The fourth-order valence-electron chi connectivity index (χ4n) is 1.95. The lowest BCUT2D eigenvalue weighted by Crippen LogP contribution is -2.21. The lowest BCUT2D eigenvalue weighted by atomic mass is 9.92. The smallest absolute Gasteiger partial charge is 0.00168 e. The molecule has 0 aromatic rings. The van der Waals surface area contributed by atoms with Gasteiger partial charge in [-0.15, -0.1) is 0 Å². The van der Waals surface area contributed by atoms with Crippen LogP contribution in [0.1, 0.15) is 46.5 Å². The molecule has 0 bridgehead atoms. The molecule has 0 saturated carbocycles. The highest BCUT2D eigenvalue weighted by Crippen LogP contribution is 2.15. The number of nitrogens with one attached hydrogen (secondary N) is 1. The Balaban J connectivity index is 4.15. The lowest BCUT2D eigenvalue weighted by molar-refractivity contribution is 0.486. The van der Waals surface area contributed by atoms with Gasteiger partial charge in [0.2, 0.25) is 0 Å². The number of rotatable bonds is 10. The molecule has 1 nitrogen and oxygen atoms in total. The van der Waals surface area contributed by atoms with Gasteiger partial charge in [0.25, 0.3) is 0 Å². The lowest BCUT2D eigenvalue weighted by Gasteiger charge is -2.17. The second-order valence-corrected chi connectivity index (χ2v) is 4.92. The van der Waals surface area contributed by atoms with Gasteiger partial charge in [-0.3, -0.25) is 0 Å². The molecule has 1 N–H and O–H groups in total. The minimum absolute atomic E-state index is 0.577. The van der Waals surface area contributed by atoms with Crippen molar-refractivity contribution in [1.29, 1.82) is 0 Å². The largest absolute Gasteiger partial charge is 0.319 e. The Hall–Kier alpha value is -0.820. The molecule has 0 aromatic carbocycles. The zero-order chi connectivity index (χ0) is 13.6. The van der Waals surface area contributed by atoms with Crippen molar-refractivity contribution in [2.75, 3.05) is 13.6 Å². The van der Waals surface area contributed by atoms with Crippen LogP contribution in [0.3, 0.4) is 0 Å². The summed E-state index contributed by atoms with van der Waals surface area (Å²) in [4.78, 5) is 0. The van der Waals surface area contributed by atoms with Crippen molar-refractivity contribution in [3.05, 3.63) is 36.5 Å². The van der Waals surface area contributed by atoms with Crippen LogP contribution in [0, 0.1) is 11.8 Å². The van der Waals surface area contributed by atoms with Gasteiger partial charge < -0.3 is 5.32 Å². The van der Waals surface area contributed by atoms with Crippen LogP contribution in [0.15, 0.2) is 36.5 Å². The maximum Gasteiger partial charge on any atom is 0.00168 e. The van der Waals surface area contributed by atoms with Crippen LogP contribution in [0.5, 0.6) is 0 Å². The van der Waals surface area contributed by atoms with Crippen molar-refractivity contribution >= 4 is 0 Å². The predicted molar refractivity (Wildman–Crippen MR) is 83.8 cm³/mol. The van der Waals surface area contributed by atoms with E-state index in [0.717, 1.165) is 6.54 Å². The van der Waals surface area contributed by atoms with E-state index in [-0.39, 0.29) is 0 Å². The van der Waals surface area contributed by atoms with Gasteiger partial charge in [-0.05, 0) is 38.6 Å². The Morgan fingerprint density at radius 2 is 1.89 bits per heavy atom. The van der Waals surface area contributed by atoms with Gasteiger partial charge >= 0.3 is 0 Å². The summed E-state index contributed by atoms with van der Waals surface area (Å²) in [6.45, 7) is 7.64. The quantitative estimate of drug-likeness (QED) is 0.335. The van der Waals surface area contributed by atoms with E-state index >= 15 is 0 Å². The van der Waals surface area contributed by atoms with Gasteiger partial charge in [-0.2, -0.15) is 0 Å². The van der Waals surface area contributed by atoms with Gasteiger partial charge in [0.1, 0.15) is 0 Å². The average molecular weight is 249 g/mol. The number of hydrogen-bond donors (Lipinski definition) is 1. The summed E-state index contributed by atoms with van der Waals surface area (Å²) < 4.78 is 0. The minimum atomic E-state index is 0.577. The minimum Gasteiger partial charge on any atom is -0.319 e. The summed E-state index contributed by atoms with van der Waals surface area (Å²) in [7, 11) is 2.02. The molecule has 0 radical (unpaired) electrons. The molecule has 2 atom stereocenters. The molecular weight excluding hydrogens is 218 g/mol. The molecule has 2 unspecified atom stereocenters. The van der Waals surface area contributed by atoms with Crippen LogP contribution >= 0.6 is 0 Å². The van der Waals surface area contributed by atoms with E-state index in [1.54, 1.807) is 0 Å². The van der Waals surface area contributed by atoms with Crippen molar-refractivity contribution in [2.45, 2.75) is 46.5 Å². The van der Waals surface area contributed by atoms with Crippen LogP contribution in [-0.4, -0.2) is 13.6 Å². The van der Waals surface area contributed by atoms with E-state index in [4.69, 9.17) is 0 Å². The molecule has 0 spiro atoms. The molecule has 1 heteroatoms. The Kier molecular flexibility index (Phi) is 12.1. The monoisotopic (exact) mass is 249 g/mol. The molecule has 0 aliphatic rings. The highest BCUT2D eigenvalue weighted by atomic mass is 14.8. The summed E-state index contributed by atoms with van der Waals surface area (Å²) in [5.41, 5.74) is 0. The molecule has 0 aromatic heterocycles. The summed E-state index contributed by atoms with van der Waals surface area (Å²) >= 11 is 0. The maximum absolute atomic E-state index is 3.28. The third kappa shape index (κ3) is 9.23. The number of unbranched alkanes of at least 4 members (excludes halogenated alkanes) is 3. The Labute approximate surface area is 114 Å². The van der Waals surface area contributed by atoms with E-state index < -0.39 is 0 Å². The Bertz CT molecular complexity index is 250. The third-order valence-corrected chi connectivity index (χ3v) is 3.19. The summed E-state index contributed by atoms with van der Waals surface area (Å²) in [6.07, 6.45) is 18.6. The first-order valence-corrected chi connectivity index (χ1v) is 7.37. The van der Waals surface area contributed by atoms with E-state index in [0.29, 0.717) is 11.8 Å². The summed E-state index contributed by atoms with van der Waals surface area (Å²) in [5, 5.41) is 3.28. The molecule has 0 aliphatic heterocycles. The van der Waals surface area contributed by atoms with Crippen molar-refractivity contribution in [2.24, 2.45) is 11.8 Å². The van der Waals surface area contributed by atoms with E-state index in [2.05, 4.69) is 62.5 Å². The first kappa shape index (κ1) is 17.2. The molecule has 0 rings (SSSR count).